The third-order valence-corrected chi connectivity index (χ3v) is 6.91. The number of thiophene rings is 1. The molecule has 0 unspecified atom stereocenters. The van der Waals surface area contributed by atoms with E-state index in [0.717, 1.165) is 16.7 Å². The molecule has 3 aromatic carbocycles. The SMILES string of the molecule is O=S(=O)(NCc1ccccc1-c1ccsc1)c1ccc(Oc2ccccc2Cl)cc1. The van der Waals surface area contributed by atoms with Gasteiger partial charge in [0.25, 0.3) is 0 Å². The van der Waals surface area contributed by atoms with Crippen molar-refractivity contribution in [2.75, 3.05) is 0 Å². The summed E-state index contributed by atoms with van der Waals surface area (Å²) in [4.78, 5) is 0.169. The highest BCUT2D eigenvalue weighted by molar-refractivity contribution is 7.89. The average molecular weight is 456 g/mol. The highest BCUT2D eigenvalue weighted by Gasteiger charge is 2.15. The van der Waals surface area contributed by atoms with Crippen molar-refractivity contribution in [3.05, 3.63) is 100 Å². The smallest absolute Gasteiger partial charge is 0.240 e. The Labute approximate surface area is 184 Å². The number of benzene rings is 3. The number of nitrogens with one attached hydrogen (secondary N) is 1. The van der Waals surface area contributed by atoms with Crippen LogP contribution in [0.25, 0.3) is 11.1 Å². The molecule has 0 atom stereocenters. The van der Waals surface area contributed by atoms with Gasteiger partial charge in [0.15, 0.2) is 0 Å². The molecule has 0 aliphatic rings. The number of rotatable bonds is 7. The summed E-state index contributed by atoms with van der Waals surface area (Å²) < 4.78 is 33.9. The zero-order valence-electron chi connectivity index (χ0n) is 15.8. The molecule has 1 aromatic heterocycles. The molecule has 0 spiro atoms. The second kappa shape index (κ2) is 9.02. The van der Waals surface area contributed by atoms with Gasteiger partial charge in [-0.3, -0.25) is 0 Å². The van der Waals surface area contributed by atoms with Crippen LogP contribution in [-0.2, 0) is 16.6 Å². The van der Waals surface area contributed by atoms with Gasteiger partial charge in [0.2, 0.25) is 10.0 Å². The van der Waals surface area contributed by atoms with E-state index < -0.39 is 10.0 Å². The lowest BCUT2D eigenvalue weighted by Crippen LogP contribution is -2.23. The lowest BCUT2D eigenvalue weighted by molar-refractivity contribution is 0.482. The van der Waals surface area contributed by atoms with Crippen LogP contribution in [0.5, 0.6) is 11.5 Å². The standard InChI is InChI=1S/C23H18ClNO3S2/c24-22-7-3-4-8-23(22)28-19-9-11-20(12-10-19)30(26,27)25-15-17-5-1-2-6-21(17)18-13-14-29-16-18/h1-14,16,25H,15H2. The molecule has 0 saturated heterocycles. The molecule has 0 aliphatic heterocycles. The number of para-hydroxylation sites is 1. The predicted octanol–water partition coefficient (Wildman–Crippen LogP) is 6.34. The monoisotopic (exact) mass is 455 g/mol. The van der Waals surface area contributed by atoms with Crippen LogP contribution in [0.1, 0.15) is 5.56 Å². The van der Waals surface area contributed by atoms with Gasteiger partial charge in [-0.2, -0.15) is 11.3 Å². The molecular weight excluding hydrogens is 438 g/mol. The van der Waals surface area contributed by atoms with Crippen molar-refractivity contribution in [1.29, 1.82) is 0 Å². The molecule has 0 aliphatic carbocycles. The molecule has 1 N–H and O–H groups in total. The highest BCUT2D eigenvalue weighted by atomic mass is 35.5. The van der Waals surface area contributed by atoms with E-state index >= 15 is 0 Å². The first-order valence-electron chi connectivity index (χ1n) is 9.15. The fourth-order valence-electron chi connectivity index (χ4n) is 2.97. The Kier molecular flexibility index (Phi) is 6.20. The Bertz CT molecular complexity index is 1240. The van der Waals surface area contributed by atoms with E-state index in [1.807, 2.05) is 53.2 Å². The van der Waals surface area contributed by atoms with Crippen molar-refractivity contribution in [2.24, 2.45) is 0 Å². The van der Waals surface area contributed by atoms with Crippen molar-refractivity contribution >= 4 is 33.0 Å². The summed E-state index contributed by atoms with van der Waals surface area (Å²) in [5.74, 6) is 1.02. The lowest BCUT2D eigenvalue weighted by Gasteiger charge is -2.11. The van der Waals surface area contributed by atoms with Gasteiger partial charge in [0.1, 0.15) is 11.5 Å². The van der Waals surface area contributed by atoms with E-state index in [4.69, 9.17) is 16.3 Å². The summed E-state index contributed by atoms with van der Waals surface area (Å²) >= 11 is 7.70. The molecule has 4 nitrogen and oxygen atoms in total. The van der Waals surface area contributed by atoms with Gasteiger partial charge < -0.3 is 4.74 Å². The molecule has 0 bridgehead atoms. The molecule has 30 heavy (non-hydrogen) atoms. The van der Waals surface area contributed by atoms with Gasteiger partial charge >= 0.3 is 0 Å². The number of hydrogen-bond donors (Lipinski definition) is 1. The minimum atomic E-state index is -3.67. The van der Waals surface area contributed by atoms with Crippen LogP contribution in [0.3, 0.4) is 0 Å². The number of hydrogen-bond acceptors (Lipinski definition) is 4. The van der Waals surface area contributed by atoms with Crippen LogP contribution >= 0.6 is 22.9 Å². The van der Waals surface area contributed by atoms with E-state index in [9.17, 15) is 8.42 Å². The fourth-order valence-corrected chi connectivity index (χ4v) is 4.81. The summed E-state index contributed by atoms with van der Waals surface area (Å²) in [6.07, 6.45) is 0. The number of sulfonamides is 1. The zero-order valence-corrected chi connectivity index (χ0v) is 18.2. The van der Waals surface area contributed by atoms with Crippen LogP contribution < -0.4 is 9.46 Å². The van der Waals surface area contributed by atoms with Gasteiger partial charge in [-0.15, -0.1) is 0 Å². The molecule has 0 amide bonds. The minimum Gasteiger partial charge on any atom is -0.456 e. The van der Waals surface area contributed by atoms with Gasteiger partial charge in [0.05, 0.1) is 9.92 Å². The second-order valence-corrected chi connectivity index (χ2v) is 9.45. The molecule has 7 heteroatoms. The summed E-state index contributed by atoms with van der Waals surface area (Å²) in [5, 5.41) is 4.54. The Morgan fingerprint density at radius 1 is 0.900 bits per heavy atom. The number of ether oxygens (including phenoxy) is 1. The van der Waals surface area contributed by atoms with E-state index in [1.165, 1.54) is 12.1 Å². The topological polar surface area (TPSA) is 55.4 Å². The quantitative estimate of drug-likeness (QED) is 0.353. The highest BCUT2D eigenvalue weighted by Crippen LogP contribution is 2.29. The molecular formula is C23H18ClNO3S2. The van der Waals surface area contributed by atoms with Crippen molar-refractivity contribution in [3.8, 4) is 22.6 Å². The maximum atomic E-state index is 12.8. The van der Waals surface area contributed by atoms with Crippen LogP contribution in [0.15, 0.2) is 94.5 Å². The molecule has 152 valence electrons. The predicted molar refractivity (Wildman–Crippen MR) is 122 cm³/mol. The molecule has 0 fully saturated rings. The fraction of sp³-hybridized carbons (Fsp3) is 0.0435. The molecule has 1 heterocycles. The first-order chi connectivity index (χ1) is 14.5. The maximum Gasteiger partial charge on any atom is 0.240 e. The van der Waals surface area contributed by atoms with E-state index in [1.54, 1.807) is 35.6 Å². The third-order valence-electron chi connectivity index (χ3n) is 4.50. The van der Waals surface area contributed by atoms with Crippen LogP contribution in [0.4, 0.5) is 0 Å². The minimum absolute atomic E-state index is 0.169. The summed E-state index contributed by atoms with van der Waals surface area (Å²) in [6, 6.07) is 23.1. The largest absolute Gasteiger partial charge is 0.456 e. The van der Waals surface area contributed by atoms with Crippen molar-refractivity contribution in [3.63, 3.8) is 0 Å². The van der Waals surface area contributed by atoms with Crippen LogP contribution in [0, 0.1) is 0 Å². The molecule has 4 aromatic rings. The van der Waals surface area contributed by atoms with Crippen molar-refractivity contribution < 1.29 is 13.2 Å². The Hall–Kier alpha value is -2.64. The number of halogens is 1. The Balaban J connectivity index is 1.48. The average Bonchev–Trinajstić information content (AvgIpc) is 3.29. The summed E-state index contributed by atoms with van der Waals surface area (Å²) in [5.41, 5.74) is 3.01. The van der Waals surface area contributed by atoms with Gasteiger partial charge in [-0.25, -0.2) is 13.1 Å². The maximum absolute atomic E-state index is 12.8. The van der Waals surface area contributed by atoms with Crippen molar-refractivity contribution in [1.82, 2.24) is 4.72 Å². The van der Waals surface area contributed by atoms with E-state index in [-0.39, 0.29) is 11.4 Å². The van der Waals surface area contributed by atoms with E-state index in [2.05, 4.69) is 4.72 Å². The first kappa shape index (κ1) is 20.6. The van der Waals surface area contributed by atoms with Gasteiger partial charge in [-0.05, 0) is 69.9 Å². The lowest BCUT2D eigenvalue weighted by atomic mass is 10.0. The van der Waals surface area contributed by atoms with Gasteiger partial charge in [-0.1, -0.05) is 48.0 Å². The van der Waals surface area contributed by atoms with Crippen molar-refractivity contribution in [2.45, 2.75) is 11.4 Å². The molecule has 4 rings (SSSR count). The Morgan fingerprint density at radius 3 is 2.37 bits per heavy atom. The first-order valence-corrected chi connectivity index (χ1v) is 12.0. The second-order valence-electron chi connectivity index (χ2n) is 6.50. The molecule has 0 saturated carbocycles. The zero-order chi connectivity index (χ0) is 21.0. The summed E-state index contributed by atoms with van der Waals surface area (Å²) in [6.45, 7) is 0.201. The third kappa shape index (κ3) is 4.74. The van der Waals surface area contributed by atoms with Gasteiger partial charge in [0, 0.05) is 6.54 Å². The van der Waals surface area contributed by atoms with Crippen LogP contribution in [0.2, 0.25) is 5.02 Å². The Morgan fingerprint density at radius 2 is 1.63 bits per heavy atom. The van der Waals surface area contributed by atoms with Crippen LogP contribution in [-0.4, -0.2) is 8.42 Å². The molecule has 0 radical (unpaired) electrons. The normalized spacial score (nSPS) is 11.4. The van der Waals surface area contributed by atoms with E-state index in [0.29, 0.717) is 16.5 Å². The summed E-state index contributed by atoms with van der Waals surface area (Å²) in [7, 11) is -3.67.